The highest BCUT2D eigenvalue weighted by Crippen LogP contribution is 2.41. The summed E-state index contributed by atoms with van der Waals surface area (Å²) in [6.07, 6.45) is 7.48. The average molecular weight is 1110 g/mol. The van der Waals surface area contributed by atoms with E-state index in [0.717, 1.165) is 79.9 Å². The molecule has 0 bridgehead atoms. The number of nitrogens with one attached hydrogen (secondary N) is 3. The van der Waals surface area contributed by atoms with Crippen LogP contribution in [0, 0.1) is 23.7 Å². The molecule has 4 heterocycles. The Labute approximate surface area is 465 Å². The number of aryl methyl sites for hydroxylation is 1. The first-order valence-corrected chi connectivity index (χ1v) is 28.0. The highest BCUT2D eigenvalue weighted by Gasteiger charge is 2.44. The molecule has 0 spiro atoms. The maximum absolute atomic E-state index is 14.1. The van der Waals surface area contributed by atoms with Crippen LogP contribution in [0.1, 0.15) is 102 Å². The van der Waals surface area contributed by atoms with E-state index in [4.69, 9.17) is 37.4 Å². The molecule has 2 unspecified atom stereocenters. The van der Waals surface area contributed by atoms with Gasteiger partial charge in [-0.2, -0.15) is 5.26 Å². The van der Waals surface area contributed by atoms with Crippen molar-refractivity contribution in [1.82, 2.24) is 35.3 Å². The fourth-order valence-electron chi connectivity index (χ4n) is 9.74. The number of carbonyl (C=O) groups is 4. The van der Waals surface area contributed by atoms with Crippen molar-refractivity contribution in [2.24, 2.45) is 5.41 Å². The van der Waals surface area contributed by atoms with Crippen LogP contribution in [0.25, 0.3) is 21.3 Å². The van der Waals surface area contributed by atoms with E-state index >= 15 is 0 Å². The van der Waals surface area contributed by atoms with Crippen molar-refractivity contribution >= 4 is 80.4 Å². The van der Waals surface area contributed by atoms with Gasteiger partial charge < -0.3 is 45.1 Å². The Bertz CT molecular complexity index is 2900. The number of unbranched alkanes of at least 4 members (excludes halogenated alkanes) is 5. The van der Waals surface area contributed by atoms with Crippen molar-refractivity contribution < 1.29 is 38.5 Å². The highest BCUT2D eigenvalue weighted by atomic mass is 35.5. The zero-order valence-corrected chi connectivity index (χ0v) is 47.2. The maximum atomic E-state index is 14.1. The molecule has 412 valence electrons. The van der Waals surface area contributed by atoms with Crippen molar-refractivity contribution in [3.8, 4) is 33.8 Å². The SMILES string of the molecule is COc1cc(Nc2c(C#N)cnc3cc(OCCCN4CCN(C(=O)CCCCCCCCC(=O)N[C@H](C(=O)N5CC(O)CC5C(=O)NCc5ccc(-c6scnc6C)cc5)C(C)(C)C)CC4)c(OC)cc23)c(Cl)cc1Cl. The van der Waals surface area contributed by atoms with Gasteiger partial charge in [-0.25, -0.2) is 4.98 Å². The zero-order valence-electron chi connectivity index (χ0n) is 44.9. The third-order valence-electron chi connectivity index (χ3n) is 14.1. The molecule has 4 N–H and O–H groups in total. The van der Waals surface area contributed by atoms with Crippen LogP contribution in [-0.2, 0) is 25.7 Å². The smallest absolute Gasteiger partial charge is 0.246 e. The Balaban J connectivity index is 0.762. The lowest BCUT2D eigenvalue weighted by atomic mass is 9.85. The molecule has 77 heavy (non-hydrogen) atoms. The molecule has 5 aromatic rings. The van der Waals surface area contributed by atoms with Crippen molar-refractivity contribution in [1.29, 1.82) is 5.26 Å². The number of pyridine rings is 1. The topological polar surface area (TPSA) is 212 Å². The van der Waals surface area contributed by atoms with Crippen LogP contribution in [0.15, 0.2) is 60.2 Å². The minimum Gasteiger partial charge on any atom is -0.495 e. The Hall–Kier alpha value is -6.23. The number of halogens is 2. The summed E-state index contributed by atoms with van der Waals surface area (Å²) in [5, 5.41) is 31.1. The molecular weight excluding hydrogens is 1040 g/mol. The lowest BCUT2D eigenvalue weighted by molar-refractivity contribution is -0.144. The van der Waals surface area contributed by atoms with Gasteiger partial charge in [0, 0.05) is 88.8 Å². The molecule has 7 rings (SSSR count). The van der Waals surface area contributed by atoms with E-state index in [9.17, 15) is 29.5 Å². The highest BCUT2D eigenvalue weighted by molar-refractivity contribution is 7.13. The number of aliphatic hydroxyl groups is 1. The predicted molar refractivity (Wildman–Crippen MR) is 301 cm³/mol. The van der Waals surface area contributed by atoms with Gasteiger partial charge in [-0.15, -0.1) is 11.3 Å². The number of amides is 4. The molecule has 4 amide bonds. The number of thiazole rings is 1. The lowest BCUT2D eigenvalue weighted by Crippen LogP contribution is -2.57. The van der Waals surface area contributed by atoms with Crippen LogP contribution < -0.4 is 30.2 Å². The van der Waals surface area contributed by atoms with Crippen LogP contribution in [0.4, 0.5) is 11.4 Å². The molecule has 17 nitrogen and oxygen atoms in total. The van der Waals surface area contributed by atoms with Gasteiger partial charge in [0.25, 0.3) is 0 Å². The van der Waals surface area contributed by atoms with Gasteiger partial charge in [-0.1, -0.05) is 93.9 Å². The molecule has 3 aromatic carbocycles. The van der Waals surface area contributed by atoms with Crippen LogP contribution >= 0.6 is 34.5 Å². The second kappa shape index (κ2) is 27.4. The van der Waals surface area contributed by atoms with E-state index in [2.05, 4.69) is 36.9 Å². The molecule has 20 heteroatoms. The fourth-order valence-corrected chi connectivity index (χ4v) is 11.1. The quantitative estimate of drug-likeness (QED) is 0.0425. The van der Waals surface area contributed by atoms with E-state index in [1.807, 2.05) is 62.4 Å². The van der Waals surface area contributed by atoms with E-state index in [-0.39, 0.29) is 49.6 Å². The molecule has 0 saturated carbocycles. The van der Waals surface area contributed by atoms with Gasteiger partial charge in [-0.05, 0) is 54.9 Å². The second-order valence-electron chi connectivity index (χ2n) is 20.8. The number of β-amino-alcohol motifs (C(OH)–C–C–N with tert-alkyl or cyclic N) is 1. The minimum atomic E-state index is -0.874. The molecule has 0 aliphatic carbocycles. The van der Waals surface area contributed by atoms with Crippen LogP contribution in [0.3, 0.4) is 0 Å². The summed E-state index contributed by atoms with van der Waals surface area (Å²) in [7, 11) is 3.07. The largest absolute Gasteiger partial charge is 0.495 e. The van der Waals surface area contributed by atoms with Gasteiger partial charge in [0.05, 0.1) is 75.5 Å². The number of hydrogen-bond donors (Lipinski definition) is 4. The van der Waals surface area contributed by atoms with Gasteiger partial charge in [-0.3, -0.25) is 29.1 Å². The van der Waals surface area contributed by atoms with E-state index in [0.29, 0.717) is 87.7 Å². The van der Waals surface area contributed by atoms with E-state index < -0.39 is 23.6 Å². The standard InChI is InChI=1S/C57H71Cl2N9O8S/c1-36-53(77-35-63-36)38-18-16-37(17-19-38)32-62-55(72)46-26-40(69)34-68(46)56(73)54(57(2,3)4)65-50(70)14-11-9-7-8-10-12-15-51(71)67-23-21-66(22-24-67)20-13-25-76-49-29-44-41(27-48(49)75-6)52(39(31-60)33-61-44)64-45-30-47(74-5)43(59)28-42(45)58/h16-19,27-30,33,35,40,46,54,69H,7-15,20-26,32,34H2,1-6H3,(H,61,64)(H,62,72)(H,65,70)/t40?,46?,54-/m1/s1. The Kier molecular flexibility index (Phi) is 20.8. The number of ether oxygens (including phenoxy) is 3. The lowest BCUT2D eigenvalue weighted by Gasteiger charge is -2.35. The second-order valence-corrected chi connectivity index (χ2v) is 22.4. The summed E-state index contributed by atoms with van der Waals surface area (Å²) >= 11 is 14.3. The zero-order chi connectivity index (χ0) is 55.2. The number of aliphatic hydroxyl groups excluding tert-OH is 1. The molecule has 2 saturated heterocycles. The number of nitrogens with zero attached hydrogens (tertiary/aromatic N) is 6. The van der Waals surface area contributed by atoms with Crippen molar-refractivity contribution in [3.05, 3.63) is 87.1 Å². The molecule has 2 aromatic heterocycles. The number of likely N-dealkylation sites (tertiary alicyclic amines) is 1. The summed E-state index contributed by atoms with van der Waals surface area (Å²) in [5.41, 5.74) is 6.02. The van der Waals surface area contributed by atoms with Gasteiger partial charge in [0.1, 0.15) is 23.9 Å². The maximum Gasteiger partial charge on any atom is 0.246 e. The first-order chi connectivity index (χ1) is 37.0. The normalized spacial score (nSPS) is 16.2. The number of aromatic nitrogens is 2. The Morgan fingerprint density at radius 1 is 0.883 bits per heavy atom. The van der Waals surface area contributed by atoms with Gasteiger partial charge in [0.2, 0.25) is 23.6 Å². The minimum absolute atomic E-state index is 0.0173. The van der Waals surface area contributed by atoms with Crippen LogP contribution in [-0.4, -0.2) is 132 Å². The van der Waals surface area contributed by atoms with Crippen molar-refractivity contribution in [2.45, 2.75) is 117 Å². The number of rotatable bonds is 24. The fraction of sp³-hybridized carbons (Fsp3) is 0.491. The van der Waals surface area contributed by atoms with Gasteiger partial charge >= 0.3 is 0 Å². The number of carbonyl (C=O) groups excluding carboxylic acids is 4. The van der Waals surface area contributed by atoms with Gasteiger partial charge in [0.15, 0.2) is 11.5 Å². The Morgan fingerprint density at radius 3 is 2.25 bits per heavy atom. The molecule has 2 aliphatic rings. The van der Waals surface area contributed by atoms with E-state index in [1.54, 1.807) is 42.7 Å². The number of nitriles is 1. The summed E-state index contributed by atoms with van der Waals surface area (Å²) in [5.74, 6) is 0.685. The van der Waals surface area contributed by atoms with Crippen LogP contribution in [0.5, 0.6) is 17.2 Å². The van der Waals surface area contributed by atoms with Crippen LogP contribution in [0.2, 0.25) is 10.0 Å². The summed E-state index contributed by atoms with van der Waals surface area (Å²) in [6, 6.07) is 15.2. The molecule has 3 atom stereocenters. The summed E-state index contributed by atoms with van der Waals surface area (Å²) < 4.78 is 17.3. The number of hydrogen-bond acceptors (Lipinski definition) is 14. The van der Waals surface area contributed by atoms with Crippen molar-refractivity contribution in [3.63, 3.8) is 0 Å². The molecule has 2 fully saturated rings. The average Bonchev–Trinajstić information content (AvgIpc) is 4.04. The number of methoxy groups -OCH3 is 2. The number of fused-ring (bicyclic) bond motifs is 1. The first-order valence-electron chi connectivity index (χ1n) is 26.4. The number of anilines is 2. The first kappa shape index (κ1) is 58.5. The monoisotopic (exact) mass is 1110 g/mol. The molecule has 2 aliphatic heterocycles. The number of benzene rings is 3. The Morgan fingerprint density at radius 2 is 1.58 bits per heavy atom. The number of piperazine rings is 1. The summed E-state index contributed by atoms with van der Waals surface area (Å²) in [4.78, 5) is 69.5. The van der Waals surface area contributed by atoms with Crippen molar-refractivity contribution in [2.75, 3.05) is 65.4 Å². The third-order valence-corrected chi connectivity index (χ3v) is 15.7. The molecule has 0 radical (unpaired) electrons. The van der Waals surface area contributed by atoms with E-state index in [1.165, 1.54) is 18.2 Å². The third kappa shape index (κ3) is 15.5. The summed E-state index contributed by atoms with van der Waals surface area (Å²) in [6.45, 7) is 12.1. The molecular formula is C57H71Cl2N9O8S. The predicted octanol–water partition coefficient (Wildman–Crippen LogP) is 9.45.